The van der Waals surface area contributed by atoms with Gasteiger partial charge in [-0.15, -0.1) is 0 Å². The average molecular weight is 497 g/mol. The maximum Gasteiger partial charge on any atom is 0.337 e. The van der Waals surface area contributed by atoms with E-state index >= 15 is 0 Å². The van der Waals surface area contributed by atoms with Crippen molar-refractivity contribution in [2.75, 3.05) is 19.1 Å². The fourth-order valence-corrected chi connectivity index (χ4v) is 4.31. The number of anilines is 1. The third kappa shape index (κ3) is 5.97. The molecule has 190 valence electrons. The summed E-state index contributed by atoms with van der Waals surface area (Å²) in [6.07, 6.45) is 2.03. The molecule has 1 aromatic heterocycles. The summed E-state index contributed by atoms with van der Waals surface area (Å²) in [5.41, 5.74) is 3.28. The SMILES string of the molecule is COC(=O)c1ccc2c(N(Cc3ccc(-c4ccccc4OC)cc3)C(=O)CC(C)(C)C)nccc2c1. The first-order valence-electron chi connectivity index (χ1n) is 12.2. The lowest BCUT2D eigenvalue weighted by Crippen LogP contribution is -2.34. The largest absolute Gasteiger partial charge is 0.496 e. The Morgan fingerprint density at radius 1 is 0.919 bits per heavy atom. The third-order valence-electron chi connectivity index (χ3n) is 6.12. The molecular formula is C31H32N2O4. The number of rotatable bonds is 7. The molecule has 3 aromatic carbocycles. The fourth-order valence-electron chi connectivity index (χ4n) is 4.31. The van der Waals surface area contributed by atoms with Gasteiger partial charge in [0.05, 0.1) is 26.3 Å². The minimum atomic E-state index is -0.406. The van der Waals surface area contributed by atoms with Gasteiger partial charge in [0.2, 0.25) is 5.91 Å². The van der Waals surface area contributed by atoms with Gasteiger partial charge in [-0.3, -0.25) is 9.69 Å². The lowest BCUT2D eigenvalue weighted by atomic mass is 9.91. The van der Waals surface area contributed by atoms with Crippen molar-refractivity contribution in [2.45, 2.75) is 33.7 Å². The molecule has 0 aliphatic heterocycles. The van der Waals surface area contributed by atoms with Crippen molar-refractivity contribution in [1.29, 1.82) is 0 Å². The smallest absolute Gasteiger partial charge is 0.337 e. The summed E-state index contributed by atoms with van der Waals surface area (Å²) >= 11 is 0. The number of methoxy groups -OCH3 is 2. The molecule has 0 unspecified atom stereocenters. The van der Waals surface area contributed by atoms with Crippen molar-refractivity contribution >= 4 is 28.5 Å². The van der Waals surface area contributed by atoms with Gasteiger partial charge in [-0.25, -0.2) is 9.78 Å². The van der Waals surface area contributed by atoms with Crippen LogP contribution in [0.15, 0.2) is 79.0 Å². The van der Waals surface area contributed by atoms with Crippen molar-refractivity contribution in [3.05, 3.63) is 90.1 Å². The minimum absolute atomic E-state index is 0.0154. The molecule has 0 spiro atoms. The number of hydrogen-bond donors (Lipinski definition) is 0. The molecule has 1 amide bonds. The fraction of sp³-hybridized carbons (Fsp3) is 0.258. The number of esters is 1. The standard InChI is InChI=1S/C31H32N2O4/c1-31(2,3)19-28(34)33(29-26-15-14-24(30(35)37-5)18-23(26)16-17-32-29)20-21-10-12-22(13-11-21)25-8-6-7-9-27(25)36-4/h6-18H,19-20H2,1-5H3. The van der Waals surface area contributed by atoms with Gasteiger partial charge in [0.25, 0.3) is 0 Å². The predicted octanol–water partition coefficient (Wildman–Crippen LogP) is 6.67. The second-order valence-corrected chi connectivity index (χ2v) is 10.2. The van der Waals surface area contributed by atoms with Crippen molar-refractivity contribution in [3.8, 4) is 16.9 Å². The Morgan fingerprint density at radius 3 is 2.32 bits per heavy atom. The highest BCUT2D eigenvalue weighted by molar-refractivity contribution is 6.04. The maximum atomic E-state index is 13.6. The van der Waals surface area contributed by atoms with Crippen molar-refractivity contribution in [3.63, 3.8) is 0 Å². The van der Waals surface area contributed by atoms with Gasteiger partial charge in [0.1, 0.15) is 11.6 Å². The molecule has 0 atom stereocenters. The highest BCUT2D eigenvalue weighted by atomic mass is 16.5. The molecule has 0 saturated carbocycles. The number of carbonyl (C=O) groups excluding carboxylic acids is 2. The van der Waals surface area contributed by atoms with E-state index in [4.69, 9.17) is 9.47 Å². The van der Waals surface area contributed by atoms with Gasteiger partial charge in [-0.1, -0.05) is 63.2 Å². The highest BCUT2D eigenvalue weighted by Crippen LogP contribution is 2.32. The van der Waals surface area contributed by atoms with Crippen LogP contribution in [0.3, 0.4) is 0 Å². The zero-order chi connectivity index (χ0) is 26.6. The molecule has 1 heterocycles. The number of pyridine rings is 1. The number of fused-ring (bicyclic) bond motifs is 1. The number of nitrogens with zero attached hydrogens (tertiary/aromatic N) is 2. The first kappa shape index (κ1) is 25.9. The first-order chi connectivity index (χ1) is 17.7. The van der Waals surface area contributed by atoms with E-state index in [1.807, 2.05) is 81.4 Å². The normalized spacial score (nSPS) is 11.3. The second kappa shape index (κ2) is 10.8. The molecule has 0 saturated heterocycles. The van der Waals surface area contributed by atoms with E-state index in [2.05, 4.69) is 4.98 Å². The number of benzene rings is 3. The summed E-state index contributed by atoms with van der Waals surface area (Å²) in [6.45, 7) is 6.50. The maximum absolute atomic E-state index is 13.6. The van der Waals surface area contributed by atoms with Crippen LogP contribution >= 0.6 is 0 Å². The van der Waals surface area contributed by atoms with Crippen LogP contribution in [0.4, 0.5) is 5.82 Å². The molecule has 4 aromatic rings. The van der Waals surface area contributed by atoms with Crippen LogP contribution in [-0.2, 0) is 16.1 Å². The van der Waals surface area contributed by atoms with Crippen molar-refractivity contribution < 1.29 is 19.1 Å². The van der Waals surface area contributed by atoms with Gasteiger partial charge in [-0.05, 0) is 52.3 Å². The second-order valence-electron chi connectivity index (χ2n) is 10.2. The Bertz CT molecular complexity index is 1420. The van der Waals surface area contributed by atoms with Gasteiger partial charge in [0, 0.05) is 23.6 Å². The lowest BCUT2D eigenvalue weighted by Gasteiger charge is -2.27. The minimum Gasteiger partial charge on any atom is -0.496 e. The van der Waals surface area contributed by atoms with E-state index in [9.17, 15) is 9.59 Å². The van der Waals surface area contributed by atoms with Gasteiger partial charge in [-0.2, -0.15) is 0 Å². The lowest BCUT2D eigenvalue weighted by molar-refractivity contribution is -0.120. The molecule has 6 heteroatoms. The van der Waals surface area contributed by atoms with E-state index in [1.165, 1.54) is 7.11 Å². The Balaban J connectivity index is 1.72. The first-order valence-corrected chi connectivity index (χ1v) is 12.2. The number of hydrogen-bond acceptors (Lipinski definition) is 5. The molecule has 6 nitrogen and oxygen atoms in total. The zero-order valence-corrected chi connectivity index (χ0v) is 21.9. The van der Waals surface area contributed by atoms with E-state index in [-0.39, 0.29) is 11.3 Å². The van der Waals surface area contributed by atoms with E-state index in [0.717, 1.165) is 33.2 Å². The number of amides is 1. The predicted molar refractivity (Wildman–Crippen MR) is 147 cm³/mol. The summed E-state index contributed by atoms with van der Waals surface area (Å²) in [4.78, 5) is 32.0. The summed E-state index contributed by atoms with van der Waals surface area (Å²) in [7, 11) is 3.02. The van der Waals surface area contributed by atoms with Crippen LogP contribution in [0.1, 0.15) is 43.1 Å². The third-order valence-corrected chi connectivity index (χ3v) is 6.12. The van der Waals surface area contributed by atoms with Crippen molar-refractivity contribution in [2.24, 2.45) is 5.41 Å². The summed E-state index contributed by atoms with van der Waals surface area (Å²) in [6, 6.07) is 23.2. The number of carbonyl (C=O) groups is 2. The van der Waals surface area contributed by atoms with Gasteiger partial charge in [0.15, 0.2) is 0 Å². The Hall–Kier alpha value is -4.19. The number of para-hydroxylation sites is 1. The van der Waals surface area contributed by atoms with Crippen LogP contribution in [0.5, 0.6) is 5.75 Å². The Kier molecular flexibility index (Phi) is 7.58. The van der Waals surface area contributed by atoms with E-state index in [0.29, 0.717) is 24.3 Å². The van der Waals surface area contributed by atoms with E-state index < -0.39 is 5.97 Å². The van der Waals surface area contributed by atoms with Crippen LogP contribution in [0.2, 0.25) is 0 Å². The monoisotopic (exact) mass is 496 g/mol. The molecule has 0 aliphatic rings. The molecule has 0 N–H and O–H groups in total. The molecule has 0 aliphatic carbocycles. The molecule has 0 fully saturated rings. The van der Waals surface area contributed by atoms with E-state index in [1.54, 1.807) is 30.3 Å². The quantitative estimate of drug-likeness (QED) is 0.267. The van der Waals surface area contributed by atoms with Crippen LogP contribution < -0.4 is 9.64 Å². The van der Waals surface area contributed by atoms with Gasteiger partial charge >= 0.3 is 5.97 Å². The Morgan fingerprint density at radius 2 is 1.65 bits per heavy atom. The number of ether oxygens (including phenoxy) is 2. The zero-order valence-electron chi connectivity index (χ0n) is 21.9. The molecule has 0 radical (unpaired) electrons. The molecule has 37 heavy (non-hydrogen) atoms. The molecular weight excluding hydrogens is 464 g/mol. The Labute approximate surface area is 217 Å². The molecule has 0 bridgehead atoms. The van der Waals surface area contributed by atoms with Crippen LogP contribution in [0, 0.1) is 5.41 Å². The summed E-state index contributed by atoms with van der Waals surface area (Å²) in [5, 5.41) is 1.61. The van der Waals surface area contributed by atoms with Crippen LogP contribution in [0.25, 0.3) is 21.9 Å². The number of aromatic nitrogens is 1. The highest BCUT2D eigenvalue weighted by Gasteiger charge is 2.25. The topological polar surface area (TPSA) is 68.7 Å². The molecule has 4 rings (SSSR count). The van der Waals surface area contributed by atoms with Crippen LogP contribution in [-0.4, -0.2) is 31.1 Å². The van der Waals surface area contributed by atoms with Crippen molar-refractivity contribution in [1.82, 2.24) is 4.98 Å². The van der Waals surface area contributed by atoms with Gasteiger partial charge < -0.3 is 9.47 Å². The summed E-state index contributed by atoms with van der Waals surface area (Å²) in [5.74, 6) is 0.954. The summed E-state index contributed by atoms with van der Waals surface area (Å²) < 4.78 is 10.4. The average Bonchev–Trinajstić information content (AvgIpc) is 2.90.